The van der Waals surface area contributed by atoms with Crippen molar-refractivity contribution in [2.24, 2.45) is 5.41 Å². The summed E-state index contributed by atoms with van der Waals surface area (Å²) in [6.45, 7) is 0.355. The molecular weight excluding hydrogens is 221 g/mol. The van der Waals surface area contributed by atoms with Crippen LogP contribution in [0.2, 0.25) is 0 Å². The average Bonchev–Trinajstić information content (AvgIpc) is 2.39. The summed E-state index contributed by atoms with van der Waals surface area (Å²) in [5.41, 5.74) is -1.28. The van der Waals surface area contributed by atoms with Gasteiger partial charge in [-0.25, -0.2) is 9.45 Å². The summed E-state index contributed by atoms with van der Waals surface area (Å²) in [5.74, 6) is -1.39. The smallest absolute Gasteiger partial charge is 0.251 e. The molecule has 0 aromatic heterocycles. The first-order valence-corrected chi connectivity index (χ1v) is 5.10. The van der Waals surface area contributed by atoms with Crippen molar-refractivity contribution in [3.63, 3.8) is 0 Å². The summed E-state index contributed by atoms with van der Waals surface area (Å²) >= 11 is 0. The highest BCUT2D eigenvalue weighted by Crippen LogP contribution is 2.23. The molecule has 1 rings (SSSR count). The molecule has 0 bridgehead atoms. The minimum absolute atomic E-state index is 0.237. The highest BCUT2D eigenvalue weighted by molar-refractivity contribution is 5.80. The maximum Gasteiger partial charge on any atom is 0.251 e. The van der Waals surface area contributed by atoms with Crippen molar-refractivity contribution in [1.82, 2.24) is 5.06 Å². The number of amides is 1. The normalized spacial score (nSPS) is 15.8. The van der Waals surface area contributed by atoms with Crippen molar-refractivity contribution < 1.29 is 19.9 Å². The second-order valence-electron chi connectivity index (χ2n) is 4.26. The van der Waals surface area contributed by atoms with E-state index in [1.165, 1.54) is 38.1 Å². The van der Waals surface area contributed by atoms with Crippen LogP contribution in [0.1, 0.15) is 38.1 Å². The fourth-order valence-electron chi connectivity index (χ4n) is 1.22. The molecule has 4 heteroatoms. The monoisotopic (exact) mass is 243 g/mol. The Morgan fingerprint density at radius 1 is 1.53 bits per heavy atom. The van der Waals surface area contributed by atoms with Gasteiger partial charge in [0.2, 0.25) is 0 Å². The Bertz CT molecular complexity index is 505. The average molecular weight is 243 g/mol. The van der Waals surface area contributed by atoms with Crippen LogP contribution in [0, 0.1) is 11.2 Å². The first kappa shape index (κ1) is 8.64. The molecule has 1 aromatic carbocycles. The molecule has 0 spiro atoms. The molecule has 17 heavy (non-hydrogen) atoms. The van der Waals surface area contributed by atoms with Gasteiger partial charge >= 0.3 is 0 Å². The van der Waals surface area contributed by atoms with Crippen molar-refractivity contribution in [3.8, 4) is 0 Å². The topological polar surface area (TPSA) is 40.5 Å². The van der Waals surface area contributed by atoms with Crippen LogP contribution in [0.15, 0.2) is 24.3 Å². The van der Waals surface area contributed by atoms with Gasteiger partial charge in [0, 0.05) is 10.9 Å². The van der Waals surface area contributed by atoms with Crippen LogP contribution in [0.5, 0.6) is 0 Å². The summed E-state index contributed by atoms with van der Waals surface area (Å²) in [5, 5.41) is 10.1. The van der Waals surface area contributed by atoms with Crippen molar-refractivity contribution >= 4 is 5.91 Å². The van der Waals surface area contributed by atoms with Crippen molar-refractivity contribution in [2.45, 2.75) is 33.6 Å². The van der Waals surface area contributed by atoms with Gasteiger partial charge in [-0.2, -0.15) is 0 Å². The Labute approximate surface area is 106 Å². The summed E-state index contributed by atoms with van der Waals surface area (Å²) in [6, 6.07) is 5.15. The van der Waals surface area contributed by atoms with E-state index < -0.39 is 30.4 Å². The minimum atomic E-state index is -2.44. The summed E-state index contributed by atoms with van der Waals surface area (Å²) in [4.78, 5) is 12.2. The second kappa shape index (κ2) is 5.27. The number of rotatable bonds is 4. The van der Waals surface area contributed by atoms with Gasteiger partial charge in [0.15, 0.2) is 0 Å². The third-order valence-electron chi connectivity index (χ3n) is 2.38. The number of hydrogen-bond donors (Lipinski definition) is 1. The lowest BCUT2D eigenvalue weighted by atomic mass is 9.89. The van der Waals surface area contributed by atoms with Crippen LogP contribution in [-0.4, -0.2) is 16.2 Å². The number of carbonyl (C=O) groups is 1. The molecule has 0 unspecified atom stereocenters. The fourth-order valence-corrected chi connectivity index (χ4v) is 1.22. The molecule has 0 aliphatic heterocycles. The lowest BCUT2D eigenvalue weighted by Gasteiger charge is -2.26. The van der Waals surface area contributed by atoms with Crippen molar-refractivity contribution in [3.05, 3.63) is 35.6 Å². The Hall–Kier alpha value is -1.42. The largest absolute Gasteiger partial charge is 0.286 e. The summed E-state index contributed by atoms with van der Waals surface area (Å²) in [7, 11) is 0. The minimum Gasteiger partial charge on any atom is -0.286 e. The van der Waals surface area contributed by atoms with E-state index >= 15 is 0 Å². The van der Waals surface area contributed by atoms with Gasteiger partial charge in [-0.1, -0.05) is 32.9 Å². The molecule has 94 valence electrons. The molecule has 3 nitrogen and oxygen atoms in total. The Kier molecular flexibility index (Phi) is 2.68. The van der Waals surface area contributed by atoms with Crippen LogP contribution in [0.25, 0.3) is 0 Å². The maximum atomic E-state index is 12.8. The Balaban J connectivity index is 2.89. The van der Waals surface area contributed by atoms with E-state index in [-0.39, 0.29) is 6.54 Å². The lowest BCUT2D eigenvalue weighted by molar-refractivity contribution is -0.178. The van der Waals surface area contributed by atoms with Crippen LogP contribution in [0.4, 0.5) is 4.39 Å². The van der Waals surface area contributed by atoms with Crippen molar-refractivity contribution in [2.75, 3.05) is 0 Å². The van der Waals surface area contributed by atoms with Crippen LogP contribution in [0.3, 0.4) is 0 Å². The first-order chi connectivity index (χ1) is 9.50. The standard InChI is InChI=1S/C13H18FNO2/c1-4-13(2,3)12(16)15(17)9-10-5-7-11(14)8-6-10/h5-8,17H,4,9H2,1-3H3/i1D2,4D2. The third-order valence-corrected chi connectivity index (χ3v) is 2.38. The molecule has 0 fully saturated rings. The van der Waals surface area contributed by atoms with Gasteiger partial charge in [0.05, 0.1) is 6.54 Å². The number of hydroxylamine groups is 2. The predicted molar refractivity (Wildman–Crippen MR) is 62.8 cm³/mol. The molecule has 0 saturated carbocycles. The highest BCUT2D eigenvalue weighted by Gasteiger charge is 2.29. The predicted octanol–water partition coefficient (Wildman–Crippen LogP) is 2.98. The first-order valence-electron chi connectivity index (χ1n) is 7.25. The summed E-state index contributed by atoms with van der Waals surface area (Å²) < 4.78 is 42.6. The quantitative estimate of drug-likeness (QED) is 0.652. The van der Waals surface area contributed by atoms with E-state index in [1.54, 1.807) is 0 Å². The van der Waals surface area contributed by atoms with Gasteiger partial charge in [-0.05, 0) is 24.1 Å². The van der Waals surface area contributed by atoms with Crippen LogP contribution < -0.4 is 0 Å². The number of nitrogens with zero attached hydrogens (tertiary/aromatic N) is 1. The number of carbonyl (C=O) groups excluding carboxylic acids is 1. The fraction of sp³-hybridized carbons (Fsp3) is 0.462. The molecule has 0 saturated heterocycles. The highest BCUT2D eigenvalue weighted by atomic mass is 19.1. The van der Waals surface area contributed by atoms with Gasteiger partial charge in [0.1, 0.15) is 5.82 Å². The number of hydrogen-bond acceptors (Lipinski definition) is 2. The zero-order valence-corrected chi connectivity index (χ0v) is 9.77. The van der Waals surface area contributed by atoms with Gasteiger partial charge < -0.3 is 0 Å². The molecule has 0 heterocycles. The molecule has 1 N–H and O–H groups in total. The SMILES string of the molecule is [2H]C([2H])C([2H])([2H])C(C)(C)C(=O)N(O)Cc1ccc(F)cc1. The van der Waals surface area contributed by atoms with Gasteiger partial charge in [0.25, 0.3) is 5.91 Å². The molecule has 1 aromatic rings. The van der Waals surface area contributed by atoms with Crippen LogP contribution in [-0.2, 0) is 11.3 Å². The molecule has 1 amide bonds. The third kappa shape index (κ3) is 3.53. The molecule has 0 aliphatic carbocycles. The van der Waals surface area contributed by atoms with Gasteiger partial charge in [-0.3, -0.25) is 10.0 Å². The second-order valence-corrected chi connectivity index (χ2v) is 4.26. The molecule has 0 aliphatic rings. The zero-order chi connectivity index (χ0) is 16.4. The van der Waals surface area contributed by atoms with E-state index in [2.05, 4.69) is 0 Å². The number of halogens is 1. The molecular formula is C13H18FNO2. The van der Waals surface area contributed by atoms with Gasteiger partial charge in [-0.15, -0.1) is 0 Å². The number of benzene rings is 1. The Morgan fingerprint density at radius 3 is 2.65 bits per heavy atom. The van der Waals surface area contributed by atoms with Crippen molar-refractivity contribution in [1.29, 1.82) is 0 Å². The maximum absolute atomic E-state index is 12.8. The van der Waals surface area contributed by atoms with E-state index in [1.807, 2.05) is 0 Å². The summed E-state index contributed by atoms with van der Waals surface area (Å²) in [6.07, 6.45) is -2.44. The van der Waals surface area contributed by atoms with E-state index in [0.29, 0.717) is 10.6 Å². The Morgan fingerprint density at radius 2 is 2.12 bits per heavy atom. The molecule has 0 radical (unpaired) electrons. The van der Waals surface area contributed by atoms with E-state index in [9.17, 15) is 14.4 Å². The van der Waals surface area contributed by atoms with E-state index in [0.717, 1.165) is 0 Å². The van der Waals surface area contributed by atoms with E-state index in [4.69, 9.17) is 5.48 Å². The molecule has 0 atom stereocenters. The van der Waals surface area contributed by atoms with Crippen LogP contribution >= 0.6 is 0 Å². The zero-order valence-electron chi connectivity index (χ0n) is 13.8. The lowest BCUT2D eigenvalue weighted by Crippen LogP contribution is -2.38.